The quantitative estimate of drug-likeness (QED) is 0.782. The highest BCUT2D eigenvalue weighted by Gasteiger charge is 2.29. The number of halogens is 2. The summed E-state index contributed by atoms with van der Waals surface area (Å²) < 4.78 is 14.1. The number of carbonyl (C=O) groups excluding carboxylic acids is 2. The van der Waals surface area contributed by atoms with Crippen LogP contribution < -0.4 is 0 Å². The predicted octanol–water partition coefficient (Wildman–Crippen LogP) is 2.24. The van der Waals surface area contributed by atoms with Crippen LogP contribution in [-0.4, -0.2) is 16.7 Å². The van der Waals surface area contributed by atoms with Crippen LogP contribution in [0.3, 0.4) is 0 Å². The van der Waals surface area contributed by atoms with Gasteiger partial charge >= 0.3 is 0 Å². The molecule has 2 rings (SSSR count). The predicted molar refractivity (Wildman–Crippen MR) is 58.9 cm³/mol. The Hall–Kier alpha value is -1.23. The van der Waals surface area contributed by atoms with Gasteiger partial charge in [0.1, 0.15) is 5.82 Å². The van der Waals surface area contributed by atoms with Gasteiger partial charge in [-0.3, -0.25) is 14.5 Å². The molecule has 5 heteroatoms. The van der Waals surface area contributed by atoms with Crippen LogP contribution >= 0.6 is 15.9 Å². The second kappa shape index (κ2) is 4.33. The molecule has 0 atom stereocenters. The number of rotatable bonds is 2. The van der Waals surface area contributed by atoms with Gasteiger partial charge in [0.2, 0.25) is 11.8 Å². The van der Waals surface area contributed by atoms with E-state index in [0.717, 1.165) is 9.37 Å². The summed E-state index contributed by atoms with van der Waals surface area (Å²) in [5.74, 6) is -0.871. The molecule has 1 saturated heterocycles. The number of hydrogen-bond donors (Lipinski definition) is 0. The molecule has 1 aromatic carbocycles. The summed E-state index contributed by atoms with van der Waals surface area (Å²) in [6.07, 6.45) is 0.461. The van der Waals surface area contributed by atoms with Gasteiger partial charge in [-0.05, 0) is 18.2 Å². The third kappa shape index (κ3) is 2.14. The number of likely N-dealkylation sites (tertiary alicyclic amines) is 1. The van der Waals surface area contributed by atoms with Crippen LogP contribution in [-0.2, 0) is 16.1 Å². The van der Waals surface area contributed by atoms with E-state index in [0.29, 0.717) is 5.56 Å². The highest BCUT2D eigenvalue weighted by atomic mass is 79.9. The number of imide groups is 1. The lowest BCUT2D eigenvalue weighted by Gasteiger charge is -2.14. The van der Waals surface area contributed by atoms with Crippen molar-refractivity contribution in [3.63, 3.8) is 0 Å². The van der Waals surface area contributed by atoms with Gasteiger partial charge in [0.15, 0.2) is 0 Å². The lowest BCUT2D eigenvalue weighted by Crippen LogP contribution is -2.28. The molecule has 0 N–H and O–H groups in total. The van der Waals surface area contributed by atoms with E-state index in [1.165, 1.54) is 6.07 Å². The maximum atomic E-state index is 13.4. The first-order valence-electron chi connectivity index (χ1n) is 4.85. The fourth-order valence-corrected chi connectivity index (χ4v) is 2.04. The Morgan fingerprint density at radius 1 is 1.25 bits per heavy atom. The Balaban J connectivity index is 2.23. The van der Waals surface area contributed by atoms with Gasteiger partial charge in [-0.2, -0.15) is 0 Å². The molecule has 16 heavy (non-hydrogen) atoms. The Kier molecular flexibility index (Phi) is 3.05. The minimum Gasteiger partial charge on any atom is -0.278 e. The summed E-state index contributed by atoms with van der Waals surface area (Å²) in [5, 5.41) is 0. The molecule has 0 radical (unpaired) electrons. The van der Waals surface area contributed by atoms with Gasteiger partial charge < -0.3 is 0 Å². The average molecular weight is 286 g/mol. The van der Waals surface area contributed by atoms with Gasteiger partial charge in [-0.15, -0.1) is 0 Å². The third-order valence-electron chi connectivity index (χ3n) is 2.49. The minimum atomic E-state index is -0.407. The van der Waals surface area contributed by atoms with Crippen molar-refractivity contribution in [2.24, 2.45) is 0 Å². The summed E-state index contributed by atoms with van der Waals surface area (Å²) in [6, 6.07) is 4.46. The largest absolute Gasteiger partial charge is 0.278 e. The molecule has 84 valence electrons. The number of nitrogens with zero attached hydrogens (tertiary/aromatic N) is 1. The summed E-state index contributed by atoms with van der Waals surface area (Å²) in [4.78, 5) is 23.8. The van der Waals surface area contributed by atoms with Crippen LogP contribution in [0.25, 0.3) is 0 Å². The van der Waals surface area contributed by atoms with Gasteiger partial charge in [0, 0.05) is 22.9 Å². The minimum absolute atomic E-state index is 0.0168. The standard InChI is InChI=1S/C11H9BrFNO2/c12-8-1-2-9(13)7(5-8)6-14-10(15)3-4-11(14)16/h1-2,5H,3-4,6H2. The van der Waals surface area contributed by atoms with Crippen molar-refractivity contribution < 1.29 is 14.0 Å². The zero-order valence-corrected chi connectivity index (χ0v) is 9.96. The van der Waals surface area contributed by atoms with Gasteiger partial charge in [-0.1, -0.05) is 15.9 Å². The second-order valence-corrected chi connectivity index (χ2v) is 4.53. The average Bonchev–Trinajstić information content (AvgIpc) is 2.55. The van der Waals surface area contributed by atoms with Crippen molar-refractivity contribution in [2.75, 3.05) is 0 Å². The number of benzene rings is 1. The molecule has 0 saturated carbocycles. The van der Waals surface area contributed by atoms with E-state index in [1.807, 2.05) is 0 Å². The Bertz CT molecular complexity index is 445. The van der Waals surface area contributed by atoms with E-state index in [1.54, 1.807) is 12.1 Å². The van der Waals surface area contributed by atoms with Gasteiger partial charge in [0.25, 0.3) is 0 Å². The number of amides is 2. The molecule has 1 fully saturated rings. The van der Waals surface area contributed by atoms with Crippen LogP contribution in [0, 0.1) is 5.82 Å². The van der Waals surface area contributed by atoms with Crippen LogP contribution in [0.1, 0.15) is 18.4 Å². The molecule has 1 aliphatic rings. The molecule has 3 nitrogen and oxygen atoms in total. The normalized spacial score (nSPS) is 16.0. The van der Waals surface area contributed by atoms with E-state index in [9.17, 15) is 14.0 Å². The lowest BCUT2D eigenvalue weighted by atomic mass is 10.2. The van der Waals surface area contributed by atoms with E-state index in [2.05, 4.69) is 15.9 Å². The van der Waals surface area contributed by atoms with E-state index in [4.69, 9.17) is 0 Å². The molecular formula is C11H9BrFNO2. The number of carbonyl (C=O) groups is 2. The lowest BCUT2D eigenvalue weighted by molar-refractivity contribution is -0.139. The molecular weight excluding hydrogens is 277 g/mol. The van der Waals surface area contributed by atoms with E-state index in [-0.39, 0.29) is 31.2 Å². The molecule has 2 amide bonds. The summed E-state index contributed by atoms with van der Waals surface area (Å²) in [7, 11) is 0. The zero-order chi connectivity index (χ0) is 11.7. The molecule has 0 aliphatic carbocycles. The topological polar surface area (TPSA) is 37.4 Å². The van der Waals surface area contributed by atoms with Crippen LogP contribution in [0.2, 0.25) is 0 Å². The Labute approximate surface area is 100 Å². The summed E-state index contributed by atoms with van der Waals surface area (Å²) in [5.41, 5.74) is 0.345. The van der Waals surface area contributed by atoms with Crippen LogP contribution in [0.4, 0.5) is 4.39 Å². The summed E-state index contributed by atoms with van der Waals surface area (Å²) >= 11 is 3.22. The molecule has 0 unspecified atom stereocenters. The first kappa shape index (κ1) is 11.3. The van der Waals surface area contributed by atoms with E-state index < -0.39 is 5.82 Å². The highest BCUT2D eigenvalue weighted by molar-refractivity contribution is 9.10. The second-order valence-electron chi connectivity index (χ2n) is 3.61. The fourth-order valence-electron chi connectivity index (χ4n) is 1.63. The Morgan fingerprint density at radius 3 is 2.50 bits per heavy atom. The van der Waals surface area contributed by atoms with Crippen molar-refractivity contribution >= 4 is 27.7 Å². The maximum absolute atomic E-state index is 13.4. The molecule has 0 spiro atoms. The molecule has 1 heterocycles. The monoisotopic (exact) mass is 285 g/mol. The van der Waals surface area contributed by atoms with E-state index >= 15 is 0 Å². The van der Waals surface area contributed by atoms with Crippen molar-refractivity contribution in [3.05, 3.63) is 34.1 Å². The van der Waals surface area contributed by atoms with Crippen molar-refractivity contribution in [3.8, 4) is 0 Å². The maximum Gasteiger partial charge on any atom is 0.229 e. The van der Waals surface area contributed by atoms with Crippen LogP contribution in [0.15, 0.2) is 22.7 Å². The van der Waals surface area contributed by atoms with Crippen molar-refractivity contribution in [2.45, 2.75) is 19.4 Å². The van der Waals surface area contributed by atoms with Gasteiger partial charge in [-0.25, -0.2) is 4.39 Å². The third-order valence-corrected chi connectivity index (χ3v) is 2.98. The smallest absolute Gasteiger partial charge is 0.229 e. The first-order valence-corrected chi connectivity index (χ1v) is 5.64. The van der Waals surface area contributed by atoms with Crippen molar-refractivity contribution in [1.82, 2.24) is 4.90 Å². The SMILES string of the molecule is O=C1CCC(=O)N1Cc1cc(Br)ccc1F. The number of hydrogen-bond acceptors (Lipinski definition) is 2. The highest BCUT2D eigenvalue weighted by Crippen LogP contribution is 2.20. The molecule has 0 aromatic heterocycles. The Morgan fingerprint density at radius 2 is 1.88 bits per heavy atom. The first-order chi connectivity index (χ1) is 7.58. The van der Waals surface area contributed by atoms with Gasteiger partial charge in [0.05, 0.1) is 6.54 Å². The molecule has 1 aromatic rings. The molecule has 1 aliphatic heterocycles. The zero-order valence-electron chi connectivity index (χ0n) is 8.37. The molecule has 0 bridgehead atoms. The fraction of sp³-hybridized carbons (Fsp3) is 0.273. The van der Waals surface area contributed by atoms with Crippen molar-refractivity contribution in [1.29, 1.82) is 0 Å². The summed E-state index contributed by atoms with van der Waals surface area (Å²) in [6.45, 7) is 0.0168. The van der Waals surface area contributed by atoms with Crippen LogP contribution in [0.5, 0.6) is 0 Å².